The van der Waals surface area contributed by atoms with Crippen molar-refractivity contribution in [2.75, 3.05) is 25.1 Å². The van der Waals surface area contributed by atoms with Crippen molar-refractivity contribution in [1.82, 2.24) is 19.5 Å². The van der Waals surface area contributed by atoms with E-state index >= 15 is 0 Å². The Hall–Kier alpha value is -1.80. The molecular weight excluding hydrogens is 277 g/mol. The molecule has 2 unspecified atom stereocenters. The number of aliphatic hydroxyl groups excluding tert-OH is 1. The van der Waals surface area contributed by atoms with Gasteiger partial charge in [-0.15, -0.1) is 0 Å². The molecule has 21 heavy (non-hydrogen) atoms. The monoisotopic (exact) mass is 295 g/mol. The number of anilines is 1. The van der Waals surface area contributed by atoms with E-state index in [0.717, 1.165) is 12.8 Å². The highest BCUT2D eigenvalue weighted by atomic mass is 19.1. The third kappa shape index (κ3) is 2.81. The van der Waals surface area contributed by atoms with E-state index < -0.39 is 6.08 Å². The van der Waals surface area contributed by atoms with E-state index in [0.29, 0.717) is 30.1 Å². The predicted molar refractivity (Wildman–Crippen MR) is 74.2 cm³/mol. The van der Waals surface area contributed by atoms with Crippen LogP contribution < -0.4 is 5.32 Å². The van der Waals surface area contributed by atoms with Crippen LogP contribution in [0.15, 0.2) is 6.33 Å². The van der Waals surface area contributed by atoms with Crippen LogP contribution in [0.5, 0.6) is 0 Å². The van der Waals surface area contributed by atoms with Gasteiger partial charge in [0.2, 0.25) is 0 Å². The van der Waals surface area contributed by atoms with Crippen molar-refractivity contribution in [2.45, 2.75) is 26.0 Å². The van der Waals surface area contributed by atoms with Gasteiger partial charge in [-0.05, 0) is 12.3 Å². The number of imidazole rings is 1. The second-order valence-electron chi connectivity index (χ2n) is 5.28. The Labute approximate surface area is 121 Å². The maximum Gasteiger partial charge on any atom is 0.312 e. The number of aromatic nitrogens is 4. The summed E-state index contributed by atoms with van der Waals surface area (Å²) in [6, 6.07) is 0. The summed E-state index contributed by atoms with van der Waals surface area (Å²) in [4.78, 5) is 11.9. The molecule has 2 aromatic rings. The summed E-state index contributed by atoms with van der Waals surface area (Å²) in [5.41, 5.74) is 0.966. The fourth-order valence-corrected chi connectivity index (χ4v) is 2.19. The molecule has 0 radical (unpaired) electrons. The number of aliphatic hydroxyl groups is 1. The zero-order valence-corrected chi connectivity index (χ0v) is 11.8. The van der Waals surface area contributed by atoms with Crippen LogP contribution in [0.4, 0.5) is 10.2 Å². The second-order valence-corrected chi connectivity index (χ2v) is 5.28. The maximum atomic E-state index is 13.6. The molecule has 3 heterocycles. The van der Waals surface area contributed by atoms with Crippen molar-refractivity contribution in [3.8, 4) is 0 Å². The third-order valence-corrected chi connectivity index (χ3v) is 3.62. The number of nitrogens with zero attached hydrogens (tertiary/aromatic N) is 4. The number of hydrogen-bond donors (Lipinski definition) is 2. The first-order chi connectivity index (χ1) is 10.2. The minimum atomic E-state index is -0.790. The van der Waals surface area contributed by atoms with Gasteiger partial charge in [0.05, 0.1) is 12.9 Å². The molecule has 0 spiro atoms. The SMILES string of the molecule is CC(CO)CCNc1nc(F)nc2c1ncn2C1CCO1. The van der Waals surface area contributed by atoms with Crippen LogP contribution in [-0.4, -0.2) is 44.4 Å². The van der Waals surface area contributed by atoms with Gasteiger partial charge in [0.25, 0.3) is 0 Å². The smallest absolute Gasteiger partial charge is 0.312 e. The molecule has 0 aliphatic carbocycles. The van der Waals surface area contributed by atoms with Crippen LogP contribution in [0.2, 0.25) is 0 Å². The van der Waals surface area contributed by atoms with E-state index in [9.17, 15) is 4.39 Å². The van der Waals surface area contributed by atoms with Crippen LogP contribution in [0.25, 0.3) is 11.2 Å². The van der Waals surface area contributed by atoms with Crippen molar-refractivity contribution in [3.63, 3.8) is 0 Å². The first-order valence-electron chi connectivity index (χ1n) is 7.05. The molecule has 2 aromatic heterocycles. The Morgan fingerprint density at radius 2 is 2.38 bits per heavy atom. The summed E-state index contributed by atoms with van der Waals surface area (Å²) in [5, 5.41) is 12.1. The van der Waals surface area contributed by atoms with E-state index in [1.54, 1.807) is 10.9 Å². The predicted octanol–water partition coefficient (Wildman–Crippen LogP) is 1.31. The lowest BCUT2D eigenvalue weighted by Gasteiger charge is -2.27. The summed E-state index contributed by atoms with van der Waals surface area (Å²) >= 11 is 0. The normalized spacial score (nSPS) is 19.5. The number of ether oxygens (including phenoxy) is 1. The molecule has 2 atom stereocenters. The van der Waals surface area contributed by atoms with E-state index in [-0.39, 0.29) is 18.8 Å². The topological polar surface area (TPSA) is 85.1 Å². The lowest BCUT2D eigenvalue weighted by atomic mass is 10.1. The number of rotatable bonds is 6. The average Bonchev–Trinajstić information content (AvgIpc) is 2.80. The minimum Gasteiger partial charge on any atom is -0.396 e. The molecule has 114 valence electrons. The van der Waals surface area contributed by atoms with E-state index in [4.69, 9.17) is 9.84 Å². The molecule has 2 N–H and O–H groups in total. The Morgan fingerprint density at radius 3 is 3.05 bits per heavy atom. The molecular formula is C13H18FN5O2. The van der Waals surface area contributed by atoms with Gasteiger partial charge in [-0.2, -0.15) is 14.4 Å². The van der Waals surface area contributed by atoms with E-state index in [2.05, 4.69) is 20.3 Å². The number of halogens is 1. The Bertz CT molecular complexity index is 628. The van der Waals surface area contributed by atoms with Crippen molar-refractivity contribution < 1.29 is 14.2 Å². The standard InChI is InChI=1S/C13H18FN5O2/c1-8(6-20)2-4-15-11-10-12(18-13(14)17-11)19(7-16-10)9-3-5-21-9/h7-9,20H,2-6H2,1H3,(H,15,17,18). The molecule has 0 bridgehead atoms. The largest absolute Gasteiger partial charge is 0.396 e. The van der Waals surface area contributed by atoms with Crippen molar-refractivity contribution >= 4 is 17.0 Å². The van der Waals surface area contributed by atoms with Crippen molar-refractivity contribution in [1.29, 1.82) is 0 Å². The number of fused-ring (bicyclic) bond motifs is 1. The highest BCUT2D eigenvalue weighted by molar-refractivity contribution is 5.82. The molecule has 1 aliphatic rings. The quantitative estimate of drug-likeness (QED) is 0.782. The van der Waals surface area contributed by atoms with Gasteiger partial charge >= 0.3 is 6.08 Å². The second kappa shape index (κ2) is 5.90. The van der Waals surface area contributed by atoms with E-state index in [1.165, 1.54) is 0 Å². The highest BCUT2D eigenvalue weighted by Crippen LogP contribution is 2.28. The van der Waals surface area contributed by atoms with Gasteiger partial charge in [-0.1, -0.05) is 6.92 Å². The van der Waals surface area contributed by atoms with Crippen LogP contribution >= 0.6 is 0 Å². The molecule has 0 aromatic carbocycles. The van der Waals surface area contributed by atoms with Crippen LogP contribution in [0.1, 0.15) is 26.0 Å². The molecule has 0 amide bonds. The van der Waals surface area contributed by atoms with E-state index in [1.807, 2.05) is 6.92 Å². The summed E-state index contributed by atoms with van der Waals surface area (Å²) in [6.07, 6.45) is 2.32. The summed E-state index contributed by atoms with van der Waals surface area (Å²) < 4.78 is 20.7. The summed E-state index contributed by atoms with van der Waals surface area (Å²) in [6.45, 7) is 3.35. The minimum absolute atomic E-state index is 0.119. The molecule has 8 heteroatoms. The molecule has 7 nitrogen and oxygen atoms in total. The number of hydrogen-bond acceptors (Lipinski definition) is 6. The summed E-state index contributed by atoms with van der Waals surface area (Å²) in [5.74, 6) is 0.557. The molecule has 1 fully saturated rings. The average molecular weight is 295 g/mol. The molecule has 0 saturated carbocycles. The molecule has 3 rings (SSSR count). The number of nitrogens with one attached hydrogen (secondary N) is 1. The highest BCUT2D eigenvalue weighted by Gasteiger charge is 2.24. The van der Waals surface area contributed by atoms with Gasteiger partial charge < -0.3 is 15.2 Å². The lowest BCUT2D eigenvalue weighted by molar-refractivity contribution is -0.0974. The van der Waals surface area contributed by atoms with Gasteiger partial charge in [0.15, 0.2) is 17.0 Å². The van der Waals surface area contributed by atoms with Gasteiger partial charge in [0.1, 0.15) is 6.23 Å². The first-order valence-corrected chi connectivity index (χ1v) is 7.05. The third-order valence-electron chi connectivity index (χ3n) is 3.62. The zero-order valence-electron chi connectivity index (χ0n) is 11.8. The Balaban J connectivity index is 1.83. The Morgan fingerprint density at radius 1 is 1.57 bits per heavy atom. The van der Waals surface area contributed by atoms with Crippen molar-refractivity contribution in [2.24, 2.45) is 5.92 Å². The maximum absolute atomic E-state index is 13.6. The molecule has 1 saturated heterocycles. The van der Waals surface area contributed by atoms with Gasteiger partial charge in [-0.25, -0.2) is 4.98 Å². The summed E-state index contributed by atoms with van der Waals surface area (Å²) in [7, 11) is 0. The lowest BCUT2D eigenvalue weighted by Crippen LogP contribution is -2.24. The zero-order chi connectivity index (χ0) is 14.8. The molecule has 1 aliphatic heterocycles. The fraction of sp³-hybridized carbons (Fsp3) is 0.615. The van der Waals surface area contributed by atoms with Gasteiger partial charge in [-0.3, -0.25) is 4.57 Å². The fourth-order valence-electron chi connectivity index (χ4n) is 2.19. The van der Waals surface area contributed by atoms with Crippen LogP contribution in [-0.2, 0) is 4.74 Å². The Kier molecular flexibility index (Phi) is 3.98. The van der Waals surface area contributed by atoms with Crippen LogP contribution in [0, 0.1) is 12.0 Å². The van der Waals surface area contributed by atoms with Crippen molar-refractivity contribution in [3.05, 3.63) is 12.4 Å². The van der Waals surface area contributed by atoms with Gasteiger partial charge in [0, 0.05) is 19.6 Å². The van der Waals surface area contributed by atoms with Crippen LogP contribution in [0.3, 0.4) is 0 Å². The first kappa shape index (κ1) is 14.2.